The van der Waals surface area contributed by atoms with E-state index in [0.717, 1.165) is 18.6 Å². The van der Waals surface area contributed by atoms with Crippen molar-refractivity contribution in [2.45, 2.75) is 31.2 Å². The van der Waals surface area contributed by atoms with Crippen molar-refractivity contribution in [3.8, 4) is 0 Å². The van der Waals surface area contributed by atoms with Crippen LogP contribution in [-0.2, 0) is 10.0 Å². The molecule has 0 radical (unpaired) electrons. The zero-order valence-corrected chi connectivity index (χ0v) is 11.2. The number of nitro benzene ring substituents is 1. The van der Waals surface area contributed by atoms with Crippen molar-refractivity contribution in [1.29, 1.82) is 0 Å². The van der Waals surface area contributed by atoms with E-state index in [4.69, 9.17) is 0 Å². The molecule has 1 aromatic carbocycles. The van der Waals surface area contributed by atoms with Crippen LogP contribution in [-0.4, -0.2) is 19.4 Å². The van der Waals surface area contributed by atoms with Gasteiger partial charge in [-0.25, -0.2) is 13.1 Å². The van der Waals surface area contributed by atoms with Gasteiger partial charge in [-0.15, -0.1) is 0 Å². The van der Waals surface area contributed by atoms with Crippen LogP contribution in [0.3, 0.4) is 0 Å². The van der Waals surface area contributed by atoms with Crippen LogP contribution >= 0.6 is 0 Å². The quantitative estimate of drug-likeness (QED) is 0.675. The van der Waals surface area contributed by atoms with Crippen LogP contribution in [0.15, 0.2) is 17.0 Å². The second-order valence-electron chi connectivity index (χ2n) is 4.77. The Morgan fingerprint density at radius 2 is 2.05 bits per heavy atom. The molecule has 0 aliphatic heterocycles. The summed E-state index contributed by atoms with van der Waals surface area (Å²) in [6.07, 6.45) is 0.738. The lowest BCUT2D eigenvalue weighted by Gasteiger charge is -2.09. The second kappa shape index (κ2) is 4.53. The highest BCUT2D eigenvalue weighted by molar-refractivity contribution is 7.89. The Morgan fingerprint density at radius 1 is 1.47 bits per heavy atom. The monoisotopic (exact) mass is 288 g/mol. The summed E-state index contributed by atoms with van der Waals surface area (Å²) < 4.78 is 40.0. The first-order valence-electron chi connectivity index (χ1n) is 5.69. The molecule has 6 nitrogen and oxygen atoms in total. The lowest BCUT2D eigenvalue weighted by Crippen LogP contribution is -2.27. The highest BCUT2D eigenvalue weighted by Crippen LogP contribution is 2.32. The standard InChI is InChI=1S/C11H13FN2O4S/c1-6-4-9(6)13-19(17,18)11-5-10(14(15)16)8(12)3-7(11)2/h3,5-6,9,13H,4H2,1-2H3. The maximum Gasteiger partial charge on any atom is 0.306 e. The zero-order valence-electron chi connectivity index (χ0n) is 10.4. The molecule has 104 valence electrons. The summed E-state index contributed by atoms with van der Waals surface area (Å²) in [7, 11) is -3.85. The van der Waals surface area contributed by atoms with E-state index in [0.29, 0.717) is 0 Å². The Balaban J connectivity index is 2.43. The number of hydrogen-bond acceptors (Lipinski definition) is 4. The highest BCUT2D eigenvalue weighted by Gasteiger charge is 2.37. The summed E-state index contributed by atoms with van der Waals surface area (Å²) in [6.45, 7) is 3.30. The van der Waals surface area contributed by atoms with Crippen molar-refractivity contribution < 1.29 is 17.7 Å². The third-order valence-electron chi connectivity index (χ3n) is 3.15. The number of hydrogen-bond donors (Lipinski definition) is 1. The van der Waals surface area contributed by atoms with Crippen molar-refractivity contribution in [3.63, 3.8) is 0 Å². The molecule has 19 heavy (non-hydrogen) atoms. The van der Waals surface area contributed by atoms with E-state index in [1.165, 1.54) is 6.92 Å². The molecule has 1 N–H and O–H groups in total. The Hall–Kier alpha value is -1.54. The predicted molar refractivity (Wildman–Crippen MR) is 65.7 cm³/mol. The molecule has 0 bridgehead atoms. The molecular formula is C11H13FN2O4S. The molecule has 1 aliphatic rings. The third-order valence-corrected chi connectivity index (χ3v) is 4.78. The molecule has 0 heterocycles. The molecule has 0 saturated heterocycles. The van der Waals surface area contributed by atoms with E-state index in [-0.39, 0.29) is 22.4 Å². The first kappa shape index (κ1) is 13.9. The highest BCUT2D eigenvalue weighted by atomic mass is 32.2. The van der Waals surface area contributed by atoms with Crippen molar-refractivity contribution in [2.24, 2.45) is 5.92 Å². The van der Waals surface area contributed by atoms with Gasteiger partial charge in [-0.3, -0.25) is 10.1 Å². The first-order chi connectivity index (χ1) is 8.72. The molecule has 1 saturated carbocycles. The molecule has 2 rings (SSSR count). The molecule has 2 atom stereocenters. The van der Waals surface area contributed by atoms with Crippen molar-refractivity contribution in [1.82, 2.24) is 4.72 Å². The van der Waals surface area contributed by atoms with Crippen LogP contribution in [0.2, 0.25) is 0 Å². The molecule has 8 heteroatoms. The third kappa shape index (κ3) is 2.74. The summed E-state index contributed by atoms with van der Waals surface area (Å²) in [5.41, 5.74) is -0.696. The van der Waals surface area contributed by atoms with Gasteiger partial charge in [0.1, 0.15) is 0 Å². The molecule has 1 aromatic rings. The second-order valence-corrected chi connectivity index (χ2v) is 6.45. The molecule has 1 fully saturated rings. The number of rotatable bonds is 4. The smallest absolute Gasteiger partial charge is 0.258 e. The number of sulfonamides is 1. The van der Waals surface area contributed by atoms with Crippen LogP contribution < -0.4 is 4.72 Å². The molecule has 0 amide bonds. The van der Waals surface area contributed by atoms with Gasteiger partial charge < -0.3 is 0 Å². The van der Waals surface area contributed by atoms with Gasteiger partial charge in [0, 0.05) is 12.1 Å². The van der Waals surface area contributed by atoms with E-state index in [9.17, 15) is 22.9 Å². The van der Waals surface area contributed by atoms with Gasteiger partial charge >= 0.3 is 5.69 Å². The fourth-order valence-corrected chi connectivity index (χ4v) is 3.42. The fraction of sp³-hybridized carbons (Fsp3) is 0.455. The summed E-state index contributed by atoms with van der Waals surface area (Å²) in [5.74, 6) is -0.785. The summed E-state index contributed by atoms with van der Waals surface area (Å²) in [6, 6.07) is 1.48. The Bertz CT molecular complexity index is 644. The number of nitrogens with zero attached hydrogens (tertiary/aromatic N) is 1. The number of halogens is 1. The van der Waals surface area contributed by atoms with Crippen LogP contribution in [0.5, 0.6) is 0 Å². The fourth-order valence-electron chi connectivity index (χ4n) is 1.82. The van der Waals surface area contributed by atoms with Gasteiger partial charge in [0.2, 0.25) is 15.8 Å². The molecule has 0 aromatic heterocycles. The van der Waals surface area contributed by atoms with Crippen LogP contribution in [0, 0.1) is 28.8 Å². The Kier molecular flexibility index (Phi) is 3.31. The number of aryl methyl sites for hydroxylation is 1. The van der Waals surface area contributed by atoms with Crippen LogP contribution in [0.25, 0.3) is 0 Å². The lowest BCUT2D eigenvalue weighted by atomic mass is 10.2. The van der Waals surface area contributed by atoms with E-state index in [1.54, 1.807) is 0 Å². The van der Waals surface area contributed by atoms with Gasteiger partial charge in [-0.1, -0.05) is 6.92 Å². The SMILES string of the molecule is Cc1cc(F)c([N+](=O)[O-])cc1S(=O)(=O)NC1CC1C. The predicted octanol–water partition coefficient (Wildman–Crippen LogP) is 1.73. The zero-order chi connectivity index (χ0) is 14.4. The van der Waals surface area contributed by atoms with Crippen molar-refractivity contribution in [3.05, 3.63) is 33.6 Å². The van der Waals surface area contributed by atoms with E-state index in [2.05, 4.69) is 4.72 Å². The number of nitro groups is 1. The molecule has 0 spiro atoms. The molecule has 2 unspecified atom stereocenters. The first-order valence-corrected chi connectivity index (χ1v) is 7.17. The number of nitrogens with one attached hydrogen (secondary N) is 1. The summed E-state index contributed by atoms with van der Waals surface area (Å²) in [5, 5.41) is 10.6. The normalized spacial score (nSPS) is 22.3. The average Bonchev–Trinajstić information content (AvgIpc) is 2.91. The summed E-state index contributed by atoms with van der Waals surface area (Å²) in [4.78, 5) is 9.46. The van der Waals surface area contributed by atoms with Crippen LogP contribution in [0.4, 0.5) is 10.1 Å². The largest absolute Gasteiger partial charge is 0.306 e. The van der Waals surface area contributed by atoms with Gasteiger partial charge in [0.25, 0.3) is 0 Å². The van der Waals surface area contributed by atoms with Gasteiger partial charge in [-0.2, -0.15) is 4.39 Å². The van der Waals surface area contributed by atoms with E-state index in [1.807, 2.05) is 6.92 Å². The maximum atomic E-state index is 13.3. The summed E-state index contributed by atoms with van der Waals surface area (Å²) >= 11 is 0. The van der Waals surface area contributed by atoms with Gasteiger partial charge in [0.05, 0.1) is 9.82 Å². The van der Waals surface area contributed by atoms with E-state index >= 15 is 0 Å². The lowest BCUT2D eigenvalue weighted by molar-refractivity contribution is -0.387. The minimum atomic E-state index is -3.85. The Morgan fingerprint density at radius 3 is 2.53 bits per heavy atom. The molecular weight excluding hydrogens is 275 g/mol. The number of benzene rings is 1. The van der Waals surface area contributed by atoms with Crippen molar-refractivity contribution >= 4 is 15.7 Å². The minimum Gasteiger partial charge on any atom is -0.258 e. The minimum absolute atomic E-state index is 0.143. The topological polar surface area (TPSA) is 89.3 Å². The van der Waals surface area contributed by atoms with Gasteiger partial charge in [-0.05, 0) is 30.9 Å². The van der Waals surface area contributed by atoms with Crippen LogP contribution in [0.1, 0.15) is 18.9 Å². The van der Waals surface area contributed by atoms with Gasteiger partial charge in [0.15, 0.2) is 0 Å². The maximum absolute atomic E-state index is 13.3. The van der Waals surface area contributed by atoms with E-state index < -0.39 is 26.5 Å². The van der Waals surface area contributed by atoms with Crippen molar-refractivity contribution in [2.75, 3.05) is 0 Å². The average molecular weight is 288 g/mol. The Labute approximate surface area is 109 Å². The molecule has 1 aliphatic carbocycles.